The molecule has 0 N–H and O–H groups in total. The number of carbonyl (C=O) groups excluding carboxylic acids is 2. The summed E-state index contributed by atoms with van der Waals surface area (Å²) < 4.78 is 10.8. The maximum absolute atomic E-state index is 12.0. The van der Waals surface area contributed by atoms with E-state index in [1.807, 2.05) is 0 Å². The number of unbranched alkanes of at least 4 members (excludes halogenated alkanes) is 6. The Labute approximate surface area is 167 Å². The second kappa shape index (κ2) is 18.3. The Morgan fingerprint density at radius 1 is 0.593 bits per heavy atom. The monoisotopic (exact) mass is 384 g/mol. The zero-order valence-electron chi connectivity index (χ0n) is 18.4. The quantitative estimate of drug-likeness (QED) is 0.201. The molecule has 0 saturated carbocycles. The van der Waals surface area contributed by atoms with E-state index in [2.05, 4.69) is 27.7 Å². The summed E-state index contributed by atoms with van der Waals surface area (Å²) in [4.78, 5) is 24.0. The van der Waals surface area contributed by atoms with E-state index in [4.69, 9.17) is 9.47 Å². The van der Waals surface area contributed by atoms with Gasteiger partial charge in [-0.05, 0) is 38.5 Å². The van der Waals surface area contributed by atoms with Gasteiger partial charge in [0.25, 0.3) is 0 Å². The minimum absolute atomic E-state index is 0.0218. The molecule has 0 spiro atoms. The van der Waals surface area contributed by atoms with Crippen LogP contribution in [0.2, 0.25) is 0 Å². The molecule has 0 rings (SSSR count). The summed E-state index contributed by atoms with van der Waals surface area (Å²) in [5, 5.41) is 0. The van der Waals surface area contributed by atoms with E-state index in [1.54, 1.807) is 0 Å². The number of rotatable bonds is 18. The molecule has 4 heteroatoms. The summed E-state index contributed by atoms with van der Waals surface area (Å²) in [5.41, 5.74) is 0. The van der Waals surface area contributed by atoms with Gasteiger partial charge in [-0.15, -0.1) is 0 Å². The second-order valence-corrected chi connectivity index (χ2v) is 7.60. The molecule has 0 fully saturated rings. The van der Waals surface area contributed by atoms with Gasteiger partial charge in [-0.25, -0.2) is 0 Å². The normalized spacial score (nSPS) is 13.2. The first kappa shape index (κ1) is 25.9. The van der Waals surface area contributed by atoms with E-state index in [0.29, 0.717) is 13.2 Å². The van der Waals surface area contributed by atoms with Gasteiger partial charge < -0.3 is 9.47 Å². The van der Waals surface area contributed by atoms with Crippen molar-refractivity contribution in [1.29, 1.82) is 0 Å². The Hall–Kier alpha value is -1.06. The maximum atomic E-state index is 12.0. The molecule has 2 unspecified atom stereocenters. The molecular formula is C23H44O4. The molecule has 0 aliphatic rings. The molecule has 0 aliphatic carbocycles. The van der Waals surface area contributed by atoms with Gasteiger partial charge in [0, 0.05) is 0 Å². The van der Waals surface area contributed by atoms with Crippen molar-refractivity contribution < 1.29 is 19.1 Å². The highest BCUT2D eigenvalue weighted by molar-refractivity contribution is 5.72. The molecule has 0 bridgehead atoms. The van der Waals surface area contributed by atoms with E-state index in [0.717, 1.165) is 83.5 Å². The zero-order valence-corrected chi connectivity index (χ0v) is 18.4. The van der Waals surface area contributed by atoms with Crippen LogP contribution in [0.1, 0.15) is 111 Å². The third-order valence-electron chi connectivity index (χ3n) is 5.24. The van der Waals surface area contributed by atoms with Gasteiger partial charge in [0.1, 0.15) is 0 Å². The largest absolute Gasteiger partial charge is 0.465 e. The van der Waals surface area contributed by atoms with Gasteiger partial charge in [-0.2, -0.15) is 0 Å². The third kappa shape index (κ3) is 13.7. The summed E-state index contributed by atoms with van der Waals surface area (Å²) in [7, 11) is 0. The van der Waals surface area contributed by atoms with Crippen LogP contribution in [0.4, 0.5) is 0 Å². The Morgan fingerprint density at radius 2 is 0.963 bits per heavy atom. The smallest absolute Gasteiger partial charge is 0.308 e. The molecule has 0 amide bonds. The molecule has 0 heterocycles. The predicted molar refractivity (Wildman–Crippen MR) is 112 cm³/mol. The van der Waals surface area contributed by atoms with Gasteiger partial charge in [0.2, 0.25) is 0 Å². The van der Waals surface area contributed by atoms with Crippen LogP contribution in [0.25, 0.3) is 0 Å². The Balaban J connectivity index is 3.61. The van der Waals surface area contributed by atoms with Crippen molar-refractivity contribution in [3.8, 4) is 0 Å². The highest BCUT2D eigenvalue weighted by atomic mass is 16.5. The SMILES string of the molecule is CCCCC(CC)C(=O)OCCCCCCCOC(=O)C(CC)CCCC. The summed E-state index contributed by atoms with van der Waals surface area (Å²) in [5.74, 6) is 0.102. The molecule has 0 aromatic heterocycles. The van der Waals surface area contributed by atoms with Crippen molar-refractivity contribution in [1.82, 2.24) is 0 Å². The number of esters is 2. The van der Waals surface area contributed by atoms with Crippen LogP contribution in [-0.2, 0) is 19.1 Å². The lowest BCUT2D eigenvalue weighted by atomic mass is 10.00. The number of carbonyl (C=O) groups is 2. The first-order valence-electron chi connectivity index (χ1n) is 11.4. The molecule has 0 aromatic carbocycles. The summed E-state index contributed by atoms with van der Waals surface area (Å²) in [6.07, 6.45) is 13.1. The van der Waals surface area contributed by atoms with Crippen molar-refractivity contribution in [2.45, 2.75) is 111 Å². The summed E-state index contributed by atoms with van der Waals surface area (Å²) in [6, 6.07) is 0. The van der Waals surface area contributed by atoms with E-state index >= 15 is 0 Å². The van der Waals surface area contributed by atoms with Crippen LogP contribution in [0.5, 0.6) is 0 Å². The van der Waals surface area contributed by atoms with Crippen LogP contribution >= 0.6 is 0 Å². The van der Waals surface area contributed by atoms with Gasteiger partial charge in [0.15, 0.2) is 0 Å². The van der Waals surface area contributed by atoms with Crippen molar-refractivity contribution in [3.63, 3.8) is 0 Å². The third-order valence-corrected chi connectivity index (χ3v) is 5.24. The molecule has 0 saturated heterocycles. The molecule has 160 valence electrons. The first-order chi connectivity index (χ1) is 13.1. The average Bonchev–Trinajstić information content (AvgIpc) is 2.67. The molecule has 27 heavy (non-hydrogen) atoms. The Bertz CT molecular complexity index is 333. The number of hydrogen-bond donors (Lipinski definition) is 0. The van der Waals surface area contributed by atoms with E-state index in [-0.39, 0.29) is 23.8 Å². The fourth-order valence-corrected chi connectivity index (χ4v) is 3.19. The maximum Gasteiger partial charge on any atom is 0.308 e. The van der Waals surface area contributed by atoms with Gasteiger partial charge >= 0.3 is 11.9 Å². The van der Waals surface area contributed by atoms with Gasteiger partial charge in [-0.1, -0.05) is 72.6 Å². The van der Waals surface area contributed by atoms with Gasteiger partial charge in [-0.3, -0.25) is 9.59 Å². The Kier molecular flexibility index (Phi) is 17.6. The van der Waals surface area contributed by atoms with E-state index in [1.165, 1.54) is 0 Å². The molecule has 2 atom stereocenters. The summed E-state index contributed by atoms with van der Waals surface area (Å²) in [6.45, 7) is 9.47. The average molecular weight is 385 g/mol. The zero-order chi connectivity index (χ0) is 20.3. The van der Waals surface area contributed by atoms with Gasteiger partial charge in [0.05, 0.1) is 25.0 Å². The topological polar surface area (TPSA) is 52.6 Å². The molecule has 4 nitrogen and oxygen atoms in total. The fourth-order valence-electron chi connectivity index (χ4n) is 3.19. The van der Waals surface area contributed by atoms with Crippen molar-refractivity contribution in [3.05, 3.63) is 0 Å². The van der Waals surface area contributed by atoms with Crippen LogP contribution in [0.15, 0.2) is 0 Å². The van der Waals surface area contributed by atoms with Crippen LogP contribution < -0.4 is 0 Å². The van der Waals surface area contributed by atoms with E-state index in [9.17, 15) is 9.59 Å². The van der Waals surface area contributed by atoms with Crippen molar-refractivity contribution in [2.75, 3.05) is 13.2 Å². The lowest BCUT2D eigenvalue weighted by Gasteiger charge is -2.14. The lowest BCUT2D eigenvalue weighted by Crippen LogP contribution is -2.18. The highest BCUT2D eigenvalue weighted by Gasteiger charge is 2.17. The second-order valence-electron chi connectivity index (χ2n) is 7.60. The van der Waals surface area contributed by atoms with Crippen LogP contribution in [0.3, 0.4) is 0 Å². The molecule has 0 aliphatic heterocycles. The standard InChI is InChI=1S/C23H44O4/c1-5-9-16-20(7-3)22(24)26-18-14-12-11-13-15-19-27-23(25)21(8-4)17-10-6-2/h20-21H,5-19H2,1-4H3. The number of ether oxygens (including phenoxy) is 2. The molecule has 0 aromatic rings. The minimum Gasteiger partial charge on any atom is -0.465 e. The van der Waals surface area contributed by atoms with Crippen molar-refractivity contribution >= 4 is 11.9 Å². The molecule has 0 radical (unpaired) electrons. The highest BCUT2D eigenvalue weighted by Crippen LogP contribution is 2.16. The fraction of sp³-hybridized carbons (Fsp3) is 0.913. The predicted octanol–water partition coefficient (Wildman–Crippen LogP) is 6.46. The molecular weight excluding hydrogens is 340 g/mol. The lowest BCUT2D eigenvalue weighted by molar-refractivity contribution is -0.149. The Morgan fingerprint density at radius 3 is 1.30 bits per heavy atom. The first-order valence-corrected chi connectivity index (χ1v) is 11.4. The van der Waals surface area contributed by atoms with Crippen LogP contribution in [0, 0.1) is 11.8 Å². The minimum atomic E-state index is -0.0218. The van der Waals surface area contributed by atoms with E-state index < -0.39 is 0 Å². The number of hydrogen-bond acceptors (Lipinski definition) is 4. The van der Waals surface area contributed by atoms with Crippen LogP contribution in [-0.4, -0.2) is 25.2 Å². The summed E-state index contributed by atoms with van der Waals surface area (Å²) >= 11 is 0. The van der Waals surface area contributed by atoms with Crippen molar-refractivity contribution in [2.24, 2.45) is 11.8 Å².